The SMILES string of the molecule is Fc1cc(SC(F)(F)F)ccc1CCc1ccc(SC(F)(F)F)cc1F. The zero-order valence-corrected chi connectivity index (χ0v) is 14.4. The molecule has 0 N–H and O–H groups in total. The lowest BCUT2D eigenvalue weighted by atomic mass is 10.0. The molecule has 26 heavy (non-hydrogen) atoms. The molecule has 0 aliphatic carbocycles. The molecular formula is C16H10F8S2. The summed E-state index contributed by atoms with van der Waals surface area (Å²) in [6.45, 7) is 0. The van der Waals surface area contributed by atoms with E-state index in [-0.39, 0.29) is 33.8 Å². The first kappa shape index (κ1) is 20.9. The van der Waals surface area contributed by atoms with Gasteiger partial charge in [-0.1, -0.05) is 12.1 Å². The highest BCUT2D eigenvalue weighted by Gasteiger charge is 2.30. The topological polar surface area (TPSA) is 0 Å². The molecule has 0 heterocycles. The van der Waals surface area contributed by atoms with Crippen molar-refractivity contribution in [1.29, 1.82) is 0 Å². The van der Waals surface area contributed by atoms with Gasteiger partial charge in [-0.25, -0.2) is 8.78 Å². The Morgan fingerprint density at radius 3 is 1.23 bits per heavy atom. The van der Waals surface area contributed by atoms with Gasteiger partial charge in [-0.15, -0.1) is 0 Å². The molecule has 0 aromatic heterocycles. The van der Waals surface area contributed by atoms with Gasteiger partial charge >= 0.3 is 11.0 Å². The lowest BCUT2D eigenvalue weighted by Crippen LogP contribution is -2.02. The molecule has 0 saturated carbocycles. The molecule has 0 unspecified atom stereocenters. The molecule has 0 atom stereocenters. The van der Waals surface area contributed by atoms with Gasteiger partial charge in [0.2, 0.25) is 0 Å². The predicted octanol–water partition coefficient (Wildman–Crippen LogP) is 6.97. The standard InChI is InChI=1S/C16H10F8S2/c17-13-7-11(25-15(19,20)21)5-3-9(13)1-2-10-4-6-12(8-14(10)18)26-16(22,23)24/h3-8H,1-2H2. The van der Waals surface area contributed by atoms with Gasteiger partial charge in [0.25, 0.3) is 0 Å². The fraction of sp³-hybridized carbons (Fsp3) is 0.250. The van der Waals surface area contributed by atoms with Crippen molar-refractivity contribution in [2.75, 3.05) is 0 Å². The monoisotopic (exact) mass is 418 g/mol. The smallest absolute Gasteiger partial charge is 0.207 e. The third-order valence-electron chi connectivity index (χ3n) is 3.18. The van der Waals surface area contributed by atoms with Crippen LogP contribution in [0.4, 0.5) is 35.1 Å². The van der Waals surface area contributed by atoms with E-state index in [1.54, 1.807) is 0 Å². The van der Waals surface area contributed by atoms with Crippen LogP contribution in [0.15, 0.2) is 46.2 Å². The molecule has 2 rings (SSSR count). The van der Waals surface area contributed by atoms with Crippen LogP contribution in [0.2, 0.25) is 0 Å². The second kappa shape index (κ2) is 8.08. The summed E-state index contributed by atoms with van der Waals surface area (Å²) in [5, 5.41) is 0. The van der Waals surface area contributed by atoms with Crippen LogP contribution in [0, 0.1) is 11.6 Å². The largest absolute Gasteiger partial charge is 0.446 e. The van der Waals surface area contributed by atoms with Crippen LogP contribution in [0.5, 0.6) is 0 Å². The Morgan fingerprint density at radius 2 is 0.962 bits per heavy atom. The van der Waals surface area contributed by atoms with E-state index in [4.69, 9.17) is 0 Å². The van der Waals surface area contributed by atoms with Crippen LogP contribution < -0.4 is 0 Å². The molecular weight excluding hydrogens is 408 g/mol. The van der Waals surface area contributed by atoms with E-state index in [1.807, 2.05) is 0 Å². The van der Waals surface area contributed by atoms with Gasteiger partial charge in [-0.05, 0) is 71.8 Å². The second-order valence-electron chi connectivity index (χ2n) is 5.10. The number of halogens is 8. The van der Waals surface area contributed by atoms with Crippen LogP contribution in [-0.4, -0.2) is 11.0 Å². The third-order valence-corrected chi connectivity index (χ3v) is 4.62. The van der Waals surface area contributed by atoms with E-state index in [0.29, 0.717) is 0 Å². The average molecular weight is 418 g/mol. The molecule has 2 aromatic rings. The van der Waals surface area contributed by atoms with Crippen LogP contribution in [-0.2, 0) is 12.8 Å². The molecule has 10 heteroatoms. The third kappa shape index (κ3) is 6.71. The zero-order valence-electron chi connectivity index (χ0n) is 12.7. The minimum absolute atomic E-state index is 0.00845. The van der Waals surface area contributed by atoms with Crippen molar-refractivity contribution < 1.29 is 35.1 Å². The molecule has 2 aromatic carbocycles. The summed E-state index contributed by atoms with van der Waals surface area (Å²) in [7, 11) is 0. The summed E-state index contributed by atoms with van der Waals surface area (Å²) in [5.74, 6) is -1.71. The maximum atomic E-state index is 13.9. The summed E-state index contributed by atoms with van der Waals surface area (Å²) in [6.07, 6.45) is -0.0169. The average Bonchev–Trinajstić information content (AvgIpc) is 2.44. The zero-order chi connectivity index (χ0) is 19.5. The summed E-state index contributed by atoms with van der Waals surface area (Å²) in [4.78, 5) is -0.614. The molecule has 142 valence electrons. The van der Waals surface area contributed by atoms with E-state index < -0.39 is 46.2 Å². The number of hydrogen-bond acceptors (Lipinski definition) is 2. The molecule has 0 aliphatic heterocycles. The molecule has 0 fully saturated rings. The quantitative estimate of drug-likeness (QED) is 0.380. The van der Waals surface area contributed by atoms with Gasteiger partial charge in [0, 0.05) is 9.79 Å². The van der Waals surface area contributed by atoms with E-state index in [2.05, 4.69) is 0 Å². The van der Waals surface area contributed by atoms with Crippen LogP contribution >= 0.6 is 23.5 Å². The number of alkyl halides is 6. The van der Waals surface area contributed by atoms with Gasteiger partial charge in [0.05, 0.1) is 0 Å². The van der Waals surface area contributed by atoms with Crippen molar-refractivity contribution in [1.82, 2.24) is 0 Å². The highest BCUT2D eigenvalue weighted by atomic mass is 32.2. The van der Waals surface area contributed by atoms with Crippen LogP contribution in [0.1, 0.15) is 11.1 Å². The number of hydrogen-bond donors (Lipinski definition) is 0. The van der Waals surface area contributed by atoms with Crippen molar-refractivity contribution in [2.24, 2.45) is 0 Å². The van der Waals surface area contributed by atoms with Crippen molar-refractivity contribution in [3.8, 4) is 0 Å². The maximum absolute atomic E-state index is 13.9. The lowest BCUT2D eigenvalue weighted by molar-refractivity contribution is -0.0337. The van der Waals surface area contributed by atoms with Gasteiger partial charge < -0.3 is 0 Å². The van der Waals surface area contributed by atoms with Crippen LogP contribution in [0.25, 0.3) is 0 Å². The second-order valence-corrected chi connectivity index (χ2v) is 7.38. The number of benzene rings is 2. The molecule has 0 radical (unpaired) electrons. The van der Waals surface area contributed by atoms with Gasteiger partial charge in [0.1, 0.15) is 11.6 Å². The fourth-order valence-electron chi connectivity index (χ4n) is 2.13. The molecule has 0 spiro atoms. The van der Waals surface area contributed by atoms with Gasteiger partial charge in [-0.2, -0.15) is 26.3 Å². The first-order valence-corrected chi connectivity index (χ1v) is 8.64. The normalized spacial score (nSPS) is 12.5. The Morgan fingerprint density at radius 1 is 0.615 bits per heavy atom. The maximum Gasteiger partial charge on any atom is 0.446 e. The minimum Gasteiger partial charge on any atom is -0.207 e. The Labute approximate surface area is 152 Å². The lowest BCUT2D eigenvalue weighted by Gasteiger charge is -2.10. The Bertz CT molecular complexity index is 702. The Balaban J connectivity index is 2.04. The predicted molar refractivity (Wildman–Crippen MR) is 84.0 cm³/mol. The number of rotatable bonds is 5. The van der Waals surface area contributed by atoms with Crippen molar-refractivity contribution in [3.63, 3.8) is 0 Å². The van der Waals surface area contributed by atoms with Gasteiger partial charge in [0.15, 0.2) is 0 Å². The highest BCUT2D eigenvalue weighted by molar-refractivity contribution is 8.00. The summed E-state index contributed by atoms with van der Waals surface area (Å²) in [6, 6.07) is 6.05. The first-order chi connectivity index (χ1) is 11.9. The molecule has 0 nitrogen and oxygen atoms in total. The van der Waals surface area contributed by atoms with E-state index >= 15 is 0 Å². The molecule has 0 saturated heterocycles. The summed E-state index contributed by atoms with van der Waals surface area (Å²) < 4.78 is 101. The first-order valence-electron chi connectivity index (χ1n) is 7.01. The van der Waals surface area contributed by atoms with Crippen molar-refractivity contribution in [3.05, 3.63) is 59.2 Å². The Kier molecular flexibility index (Phi) is 6.49. The van der Waals surface area contributed by atoms with Crippen molar-refractivity contribution >= 4 is 23.5 Å². The molecule has 0 aliphatic rings. The highest BCUT2D eigenvalue weighted by Crippen LogP contribution is 2.38. The van der Waals surface area contributed by atoms with Crippen LogP contribution in [0.3, 0.4) is 0 Å². The van der Waals surface area contributed by atoms with E-state index in [0.717, 1.165) is 24.3 Å². The fourth-order valence-corrected chi connectivity index (χ4v) is 3.26. The van der Waals surface area contributed by atoms with Gasteiger partial charge in [-0.3, -0.25) is 0 Å². The Hall–Kier alpha value is -1.42. The van der Waals surface area contributed by atoms with Crippen molar-refractivity contribution in [2.45, 2.75) is 33.6 Å². The number of thioether (sulfide) groups is 2. The summed E-state index contributed by atoms with van der Waals surface area (Å²) >= 11 is -0.895. The number of aryl methyl sites for hydroxylation is 2. The molecule has 0 bridgehead atoms. The minimum atomic E-state index is -4.53. The van der Waals surface area contributed by atoms with E-state index in [9.17, 15) is 35.1 Å². The van der Waals surface area contributed by atoms with E-state index in [1.165, 1.54) is 12.1 Å². The molecule has 0 amide bonds. The summed E-state index contributed by atoms with van der Waals surface area (Å²) in [5.41, 5.74) is -8.89.